The lowest BCUT2D eigenvalue weighted by Crippen LogP contribution is -2.27. The smallest absolute Gasteiger partial charge is 0.174 e. The first kappa shape index (κ1) is 41.6. The van der Waals surface area contributed by atoms with Crippen LogP contribution in [-0.2, 0) is 4.57 Å². The molecule has 0 fully saturated rings. The molecule has 0 bridgehead atoms. The van der Waals surface area contributed by atoms with Crippen LogP contribution in [0, 0.1) is 0 Å². The molecule has 5 nitrogen and oxygen atoms in total. The van der Waals surface area contributed by atoms with Gasteiger partial charge in [0.1, 0.15) is 5.75 Å². The van der Waals surface area contributed by atoms with E-state index in [9.17, 15) is 0 Å². The molecule has 0 spiro atoms. The summed E-state index contributed by atoms with van der Waals surface area (Å²) in [5.41, 5.74) is 8.44. The molecule has 0 aliphatic carbocycles. The maximum absolute atomic E-state index is 16.7. The predicted octanol–water partition coefficient (Wildman–Crippen LogP) is 15.5. The van der Waals surface area contributed by atoms with Crippen molar-refractivity contribution in [1.29, 1.82) is 0 Å². The van der Waals surface area contributed by atoms with Crippen molar-refractivity contribution in [2.45, 2.75) is 0 Å². The Kier molecular flexibility index (Phi) is 12.1. The lowest BCUT2D eigenvalue weighted by atomic mass is 10.1. The standard InChI is InChI=1S/C60H46N3O2P/c64-66(55-37-21-7-22-38-55,56-39-23-8-24-40-56)60-46-54(62(49-29-13-3-14-30-49)50-31-15-4-16-32-50)42-44-59(60)65-58-43-41-53(61(47-25-9-1-10-26-47)48-27-11-2-12-28-48)45-57(58)63(51-33-17-5-18-34-51)52-35-19-6-20-36-52/h1-46H. The summed E-state index contributed by atoms with van der Waals surface area (Å²) < 4.78 is 24.1. The first-order valence-electron chi connectivity index (χ1n) is 22.0. The van der Waals surface area contributed by atoms with Crippen LogP contribution >= 0.6 is 7.14 Å². The summed E-state index contributed by atoms with van der Waals surface area (Å²) in [6.07, 6.45) is 0. The Hall–Kier alpha value is -8.37. The van der Waals surface area contributed by atoms with Crippen LogP contribution in [-0.4, -0.2) is 0 Å². The number of ether oxygens (including phenoxy) is 1. The summed E-state index contributed by atoms with van der Waals surface area (Å²) in [6.45, 7) is 0. The van der Waals surface area contributed by atoms with E-state index in [4.69, 9.17) is 4.74 Å². The van der Waals surface area contributed by atoms with E-state index in [0.717, 1.165) is 51.2 Å². The number of hydrogen-bond acceptors (Lipinski definition) is 5. The molecule has 318 valence electrons. The van der Waals surface area contributed by atoms with Crippen LogP contribution in [0.4, 0.5) is 51.2 Å². The van der Waals surface area contributed by atoms with Gasteiger partial charge >= 0.3 is 0 Å². The van der Waals surface area contributed by atoms with E-state index in [1.165, 1.54) is 0 Å². The number of hydrogen-bond donors (Lipinski definition) is 0. The third-order valence-electron chi connectivity index (χ3n) is 11.5. The number of anilines is 9. The fraction of sp³-hybridized carbons (Fsp3) is 0. The van der Waals surface area contributed by atoms with Crippen molar-refractivity contribution in [1.82, 2.24) is 0 Å². The molecule has 0 N–H and O–H groups in total. The van der Waals surface area contributed by atoms with Gasteiger partial charge in [-0.2, -0.15) is 0 Å². The van der Waals surface area contributed by atoms with Crippen molar-refractivity contribution in [3.8, 4) is 11.5 Å². The maximum atomic E-state index is 16.7. The zero-order valence-corrected chi connectivity index (χ0v) is 37.1. The fourth-order valence-corrected chi connectivity index (χ4v) is 11.3. The van der Waals surface area contributed by atoms with E-state index >= 15 is 4.57 Å². The van der Waals surface area contributed by atoms with Gasteiger partial charge in [0, 0.05) is 56.1 Å². The number of para-hydroxylation sites is 6. The molecular formula is C60H46N3O2P. The highest BCUT2D eigenvalue weighted by atomic mass is 31.2. The number of nitrogens with zero attached hydrogens (tertiary/aromatic N) is 3. The second kappa shape index (κ2) is 19.2. The monoisotopic (exact) mass is 871 g/mol. The molecule has 0 atom stereocenters. The minimum Gasteiger partial charge on any atom is -0.454 e. The zero-order valence-electron chi connectivity index (χ0n) is 36.2. The van der Waals surface area contributed by atoms with Gasteiger partial charge in [-0.1, -0.05) is 170 Å². The number of rotatable bonds is 14. The molecule has 0 aromatic heterocycles. The molecule has 6 heteroatoms. The second-order valence-corrected chi connectivity index (χ2v) is 18.4. The predicted molar refractivity (Wildman–Crippen MR) is 276 cm³/mol. The minimum absolute atomic E-state index is 0.480. The van der Waals surface area contributed by atoms with Gasteiger partial charge in [-0.25, -0.2) is 0 Å². The van der Waals surface area contributed by atoms with Crippen LogP contribution < -0.4 is 35.4 Å². The fourth-order valence-electron chi connectivity index (χ4n) is 8.49. The molecule has 10 rings (SSSR count). The molecule has 0 aliphatic heterocycles. The third kappa shape index (κ3) is 8.52. The maximum Gasteiger partial charge on any atom is 0.174 e. The first-order valence-corrected chi connectivity index (χ1v) is 23.7. The van der Waals surface area contributed by atoms with Crippen LogP contribution in [0.15, 0.2) is 279 Å². The van der Waals surface area contributed by atoms with Crippen molar-refractivity contribution >= 4 is 74.2 Å². The van der Waals surface area contributed by atoms with E-state index in [2.05, 4.69) is 136 Å². The van der Waals surface area contributed by atoms with Crippen LogP contribution in [0.1, 0.15) is 0 Å². The highest BCUT2D eigenvalue weighted by Gasteiger charge is 2.35. The van der Waals surface area contributed by atoms with Crippen molar-refractivity contribution in [3.63, 3.8) is 0 Å². The summed E-state index contributed by atoms with van der Waals surface area (Å²) in [7, 11) is -3.63. The average molecular weight is 872 g/mol. The molecule has 10 aromatic carbocycles. The summed E-state index contributed by atoms with van der Waals surface area (Å²) in [5, 5.41) is 1.98. The molecular weight excluding hydrogens is 826 g/mol. The Bertz CT molecular complexity index is 3020. The Balaban J connectivity index is 1.23. The quantitative estimate of drug-likeness (QED) is 0.102. The topological polar surface area (TPSA) is 36.0 Å². The van der Waals surface area contributed by atoms with E-state index in [1.807, 2.05) is 158 Å². The van der Waals surface area contributed by atoms with Crippen LogP contribution in [0.3, 0.4) is 0 Å². The van der Waals surface area contributed by atoms with Crippen LogP contribution in [0.25, 0.3) is 0 Å². The van der Waals surface area contributed by atoms with Gasteiger partial charge in [-0.15, -0.1) is 0 Å². The van der Waals surface area contributed by atoms with Crippen molar-refractivity contribution in [3.05, 3.63) is 279 Å². The Labute approximate surface area is 387 Å². The summed E-state index contributed by atoms with van der Waals surface area (Å²) >= 11 is 0. The van der Waals surface area contributed by atoms with Crippen molar-refractivity contribution in [2.24, 2.45) is 0 Å². The Morgan fingerprint density at radius 2 is 0.561 bits per heavy atom. The molecule has 0 radical (unpaired) electrons. The molecule has 0 heterocycles. The summed E-state index contributed by atoms with van der Waals surface area (Å²) in [5.74, 6) is 1.06. The molecule has 0 aliphatic rings. The van der Waals surface area contributed by atoms with E-state index < -0.39 is 7.14 Å². The van der Waals surface area contributed by atoms with Gasteiger partial charge in [0.2, 0.25) is 0 Å². The highest BCUT2D eigenvalue weighted by Crippen LogP contribution is 2.50. The van der Waals surface area contributed by atoms with Crippen molar-refractivity contribution in [2.75, 3.05) is 14.7 Å². The van der Waals surface area contributed by atoms with Crippen LogP contribution in [0.2, 0.25) is 0 Å². The molecule has 0 saturated heterocycles. The van der Waals surface area contributed by atoms with Gasteiger partial charge in [-0.3, -0.25) is 0 Å². The minimum atomic E-state index is -3.63. The zero-order chi connectivity index (χ0) is 44.5. The van der Waals surface area contributed by atoms with E-state index in [1.54, 1.807) is 0 Å². The van der Waals surface area contributed by atoms with Crippen molar-refractivity contribution < 1.29 is 9.30 Å². The summed E-state index contributed by atoms with van der Waals surface area (Å²) in [4.78, 5) is 6.67. The first-order chi connectivity index (χ1) is 32.6. The molecule has 10 aromatic rings. The average Bonchev–Trinajstić information content (AvgIpc) is 3.40. The summed E-state index contributed by atoms with van der Waals surface area (Å²) in [6, 6.07) is 94.0. The third-order valence-corrected chi connectivity index (χ3v) is 14.6. The Morgan fingerprint density at radius 3 is 0.909 bits per heavy atom. The lowest BCUT2D eigenvalue weighted by molar-refractivity contribution is 0.487. The SMILES string of the molecule is O=P(c1ccccc1)(c1ccccc1)c1cc(N(c2ccccc2)c2ccccc2)ccc1Oc1ccc(N(c2ccccc2)c2ccccc2)cc1N(c1ccccc1)c1ccccc1. The molecule has 0 unspecified atom stereocenters. The van der Waals surface area contributed by atoms with Gasteiger partial charge in [-0.05, 0) is 109 Å². The largest absolute Gasteiger partial charge is 0.454 e. The van der Waals surface area contributed by atoms with E-state index in [-0.39, 0.29) is 0 Å². The van der Waals surface area contributed by atoms with Crippen LogP contribution in [0.5, 0.6) is 11.5 Å². The number of benzene rings is 10. The highest BCUT2D eigenvalue weighted by molar-refractivity contribution is 7.85. The molecule has 0 saturated carbocycles. The van der Waals surface area contributed by atoms with Gasteiger partial charge in [0.05, 0.1) is 11.0 Å². The van der Waals surface area contributed by atoms with Gasteiger partial charge < -0.3 is 24.0 Å². The lowest BCUT2D eigenvalue weighted by Gasteiger charge is -2.31. The van der Waals surface area contributed by atoms with Gasteiger partial charge in [0.15, 0.2) is 12.9 Å². The van der Waals surface area contributed by atoms with Gasteiger partial charge in [0.25, 0.3) is 0 Å². The van der Waals surface area contributed by atoms with E-state index in [0.29, 0.717) is 27.4 Å². The second-order valence-electron chi connectivity index (χ2n) is 15.7. The Morgan fingerprint density at radius 1 is 0.273 bits per heavy atom. The normalized spacial score (nSPS) is 11.1. The molecule has 0 amide bonds. The molecule has 66 heavy (non-hydrogen) atoms.